The minimum atomic E-state index is -3.92. The van der Waals surface area contributed by atoms with Crippen molar-refractivity contribution in [2.45, 2.75) is 58.0 Å². The molecule has 0 saturated carbocycles. The van der Waals surface area contributed by atoms with Crippen molar-refractivity contribution in [3.05, 3.63) is 138 Å². The number of fused-ring (bicyclic) bond motifs is 1. The Hall–Kier alpha value is -5.78. The molecular weight excluding hydrogens is 719 g/mol. The molecule has 0 aliphatic carbocycles. The molecule has 288 valence electrons. The van der Waals surface area contributed by atoms with Crippen LogP contribution in [-0.4, -0.2) is 69.1 Å². The second-order valence-corrected chi connectivity index (χ2v) is 16.0. The fraction of sp³-hybridized carbons (Fsp3) is 0.293. The number of alkyl carbamates (subject to hydrolysis) is 1. The highest BCUT2D eigenvalue weighted by Crippen LogP contribution is 2.42. The van der Waals surface area contributed by atoms with Crippen LogP contribution in [0.3, 0.4) is 0 Å². The predicted molar refractivity (Wildman–Crippen MR) is 210 cm³/mol. The summed E-state index contributed by atoms with van der Waals surface area (Å²) >= 11 is 0. The molecule has 14 heteroatoms. The second kappa shape index (κ2) is 19.5. The third kappa shape index (κ3) is 12.7. The van der Waals surface area contributed by atoms with Gasteiger partial charge in [-0.1, -0.05) is 110 Å². The molecule has 6 N–H and O–H groups in total. The van der Waals surface area contributed by atoms with Crippen molar-refractivity contribution in [2.24, 2.45) is 5.92 Å². The summed E-state index contributed by atoms with van der Waals surface area (Å²) < 4.78 is 18.6. The van der Waals surface area contributed by atoms with Crippen LogP contribution in [0.2, 0.25) is 0 Å². The van der Waals surface area contributed by atoms with Crippen LogP contribution >= 0.6 is 7.37 Å². The molecule has 13 nitrogen and oxygen atoms in total. The van der Waals surface area contributed by atoms with Gasteiger partial charge in [0, 0.05) is 43.5 Å². The van der Waals surface area contributed by atoms with Crippen LogP contribution in [0.15, 0.2) is 116 Å². The number of aromatic amines is 1. The largest absolute Gasteiger partial charge is 0.445 e. The number of ether oxygens (including phenoxy) is 1. The van der Waals surface area contributed by atoms with Crippen molar-refractivity contribution < 1.29 is 33.4 Å². The molecule has 3 unspecified atom stereocenters. The fourth-order valence-corrected chi connectivity index (χ4v) is 8.03. The SMILES string of the molecule is CC(CP(=O)(O)CC(=O)NCc1ccccc1)C(C)NC(=O)[C@H](Cc1cnc[nH]1)NC(=O)[C@@H](Cc1cccc2ccccc12)NC(=O)OCc1ccccc1. The summed E-state index contributed by atoms with van der Waals surface area (Å²) in [4.78, 5) is 71.3. The van der Waals surface area contributed by atoms with Crippen molar-refractivity contribution in [3.8, 4) is 0 Å². The maximum Gasteiger partial charge on any atom is 0.408 e. The second-order valence-electron chi connectivity index (χ2n) is 13.7. The van der Waals surface area contributed by atoms with Gasteiger partial charge in [0.25, 0.3) is 0 Å². The van der Waals surface area contributed by atoms with Crippen molar-refractivity contribution in [2.75, 3.05) is 12.3 Å². The van der Waals surface area contributed by atoms with E-state index in [1.54, 1.807) is 13.8 Å². The number of nitrogens with zero attached hydrogens (tertiary/aromatic N) is 1. The van der Waals surface area contributed by atoms with Gasteiger partial charge in [-0.25, -0.2) is 9.78 Å². The van der Waals surface area contributed by atoms with Crippen molar-refractivity contribution in [3.63, 3.8) is 0 Å². The first kappa shape index (κ1) is 40.4. The number of aromatic nitrogens is 2. The summed E-state index contributed by atoms with van der Waals surface area (Å²) in [7, 11) is -3.92. The van der Waals surface area contributed by atoms with Crippen molar-refractivity contribution in [1.82, 2.24) is 31.2 Å². The van der Waals surface area contributed by atoms with E-state index >= 15 is 0 Å². The Bertz CT molecular complexity index is 2080. The van der Waals surface area contributed by atoms with Gasteiger partial charge in [0.15, 0.2) is 0 Å². The summed E-state index contributed by atoms with van der Waals surface area (Å²) in [5, 5.41) is 13.0. The Morgan fingerprint density at radius 2 is 1.42 bits per heavy atom. The van der Waals surface area contributed by atoms with Gasteiger partial charge in [-0.3, -0.25) is 18.9 Å². The zero-order valence-corrected chi connectivity index (χ0v) is 31.7. The van der Waals surface area contributed by atoms with Crippen LogP contribution in [0, 0.1) is 5.92 Å². The van der Waals surface area contributed by atoms with Crippen LogP contribution in [0.4, 0.5) is 4.79 Å². The lowest BCUT2D eigenvalue weighted by Gasteiger charge is -2.27. The Kier molecular flexibility index (Phi) is 14.3. The third-order valence-electron chi connectivity index (χ3n) is 9.26. The molecule has 0 aliphatic heterocycles. The molecule has 0 radical (unpaired) electrons. The molecule has 55 heavy (non-hydrogen) atoms. The van der Waals surface area contributed by atoms with E-state index < -0.39 is 61.4 Å². The van der Waals surface area contributed by atoms with Crippen LogP contribution in [0.5, 0.6) is 0 Å². The Labute approximate surface area is 320 Å². The maximum atomic E-state index is 14.1. The van der Waals surface area contributed by atoms with E-state index in [-0.39, 0.29) is 32.2 Å². The van der Waals surface area contributed by atoms with E-state index in [1.165, 1.54) is 12.5 Å². The van der Waals surface area contributed by atoms with E-state index in [1.807, 2.05) is 103 Å². The van der Waals surface area contributed by atoms with Crippen LogP contribution < -0.4 is 21.3 Å². The van der Waals surface area contributed by atoms with Gasteiger partial charge in [-0.15, -0.1) is 0 Å². The van der Waals surface area contributed by atoms with Crippen molar-refractivity contribution >= 4 is 42.0 Å². The number of imidazole rings is 1. The van der Waals surface area contributed by atoms with E-state index in [0.717, 1.165) is 27.5 Å². The summed E-state index contributed by atoms with van der Waals surface area (Å²) in [6, 6.07) is 28.9. The average Bonchev–Trinajstić information content (AvgIpc) is 3.69. The number of benzene rings is 4. The topological polar surface area (TPSA) is 192 Å². The number of amides is 4. The standard InChI is InChI=1S/C41H47N6O7P/c1-28(25-55(52,53)26-38(48)43-22-30-12-5-3-6-13-30)29(2)45-39(49)37(21-34-23-42-27-44-34)46-40(50)36(47-41(51)54-24-31-14-7-4-8-15-31)20-33-18-11-17-32-16-9-10-19-35(32)33/h3-19,23,27-29,36-37H,20-22,24-26H2,1-2H3,(H,42,44)(H,43,48)(H,45,49)(H,46,50)(H,47,51)(H,52,53)/t28?,29?,36-,37+/m1/s1. The number of hydrogen-bond acceptors (Lipinski definition) is 7. The van der Waals surface area contributed by atoms with Crippen LogP contribution in [0.1, 0.15) is 36.2 Å². The smallest absolute Gasteiger partial charge is 0.408 e. The first-order chi connectivity index (χ1) is 26.5. The third-order valence-corrected chi connectivity index (χ3v) is 11.2. The molecule has 0 saturated heterocycles. The van der Waals surface area contributed by atoms with E-state index in [9.17, 15) is 28.6 Å². The monoisotopic (exact) mass is 766 g/mol. The van der Waals surface area contributed by atoms with Gasteiger partial charge in [-0.2, -0.15) is 0 Å². The predicted octanol–water partition coefficient (Wildman–Crippen LogP) is 4.86. The number of carbonyl (C=O) groups excluding carboxylic acids is 4. The fourth-order valence-electron chi connectivity index (χ4n) is 6.12. The van der Waals surface area contributed by atoms with E-state index in [4.69, 9.17) is 4.74 Å². The summed E-state index contributed by atoms with van der Waals surface area (Å²) in [6.07, 6.45) is 1.57. The molecule has 5 aromatic rings. The summed E-state index contributed by atoms with van der Waals surface area (Å²) in [5.41, 5.74) is 3.02. The average molecular weight is 767 g/mol. The van der Waals surface area contributed by atoms with Gasteiger partial charge < -0.3 is 35.9 Å². The molecular formula is C41H47N6O7P. The number of H-pyrrole nitrogens is 1. The van der Waals surface area contributed by atoms with Crippen LogP contribution in [-0.2, 0) is 49.7 Å². The molecule has 0 aliphatic rings. The van der Waals surface area contributed by atoms with E-state index in [0.29, 0.717) is 5.69 Å². The minimum Gasteiger partial charge on any atom is -0.445 e. The van der Waals surface area contributed by atoms with Gasteiger partial charge in [0.2, 0.25) is 25.1 Å². The molecule has 0 spiro atoms. The van der Waals surface area contributed by atoms with Gasteiger partial charge in [-0.05, 0) is 40.3 Å². The number of hydrogen-bond donors (Lipinski definition) is 6. The quantitative estimate of drug-likeness (QED) is 0.0682. The highest BCUT2D eigenvalue weighted by atomic mass is 31.2. The Balaban J connectivity index is 1.26. The number of nitrogens with one attached hydrogen (secondary N) is 5. The number of rotatable bonds is 18. The molecule has 0 fully saturated rings. The molecule has 4 amide bonds. The molecule has 1 aromatic heterocycles. The zero-order valence-electron chi connectivity index (χ0n) is 30.8. The lowest BCUT2D eigenvalue weighted by molar-refractivity contribution is -0.130. The zero-order chi connectivity index (χ0) is 39.2. The molecule has 5 atom stereocenters. The highest BCUT2D eigenvalue weighted by Gasteiger charge is 2.32. The van der Waals surface area contributed by atoms with Gasteiger partial charge >= 0.3 is 6.09 Å². The summed E-state index contributed by atoms with van der Waals surface area (Å²) in [6.45, 7) is 3.64. The summed E-state index contributed by atoms with van der Waals surface area (Å²) in [5.74, 6) is -2.22. The Morgan fingerprint density at radius 3 is 2.13 bits per heavy atom. The normalized spacial score (nSPS) is 14.4. The first-order valence-corrected chi connectivity index (χ1v) is 20.1. The maximum absolute atomic E-state index is 14.1. The molecule has 4 aromatic carbocycles. The first-order valence-electron chi connectivity index (χ1n) is 18.1. The lowest BCUT2D eigenvalue weighted by atomic mass is 9.98. The minimum absolute atomic E-state index is 0.00462. The highest BCUT2D eigenvalue weighted by molar-refractivity contribution is 7.59. The molecule has 5 rings (SSSR count). The van der Waals surface area contributed by atoms with E-state index in [2.05, 4.69) is 31.2 Å². The molecule has 0 bridgehead atoms. The van der Waals surface area contributed by atoms with Crippen LogP contribution in [0.25, 0.3) is 10.8 Å². The van der Waals surface area contributed by atoms with Gasteiger partial charge in [0.05, 0.1) is 6.33 Å². The Morgan fingerprint density at radius 1 is 0.782 bits per heavy atom. The molecule has 1 heterocycles. The van der Waals surface area contributed by atoms with Crippen molar-refractivity contribution in [1.29, 1.82) is 0 Å². The lowest BCUT2D eigenvalue weighted by Crippen LogP contribution is -2.56. The number of carbonyl (C=O) groups is 4. The van der Waals surface area contributed by atoms with Gasteiger partial charge in [0.1, 0.15) is 24.9 Å².